The Kier molecular flexibility index (Phi) is 1.95. The van der Waals surface area contributed by atoms with Gasteiger partial charge in [0.15, 0.2) is 0 Å². The summed E-state index contributed by atoms with van der Waals surface area (Å²) in [5, 5.41) is 11.6. The van der Waals surface area contributed by atoms with Crippen LogP contribution in [-0.2, 0) is 13.1 Å². The van der Waals surface area contributed by atoms with Crippen molar-refractivity contribution < 1.29 is 9.90 Å². The molecule has 0 bridgehead atoms. The summed E-state index contributed by atoms with van der Waals surface area (Å²) in [6.45, 7) is 0.733. The van der Waals surface area contributed by atoms with Gasteiger partial charge in [0.05, 0.1) is 18.8 Å². The van der Waals surface area contributed by atoms with Gasteiger partial charge in [-0.25, -0.2) is 14.8 Å². The molecule has 6 heteroatoms. The standard InChI is InChI=1S/C8H10N4O2/c1-9-7-10-2-5-3-12(8(13)14)4-6(5)11-7/h2H,3-4H2,1H3,(H,13,14)(H,9,10,11). The predicted octanol–water partition coefficient (Wildman–Crippen LogP) is 0.512. The van der Waals surface area contributed by atoms with Crippen LogP contribution in [0.2, 0.25) is 0 Å². The van der Waals surface area contributed by atoms with E-state index >= 15 is 0 Å². The van der Waals surface area contributed by atoms with E-state index in [4.69, 9.17) is 5.11 Å². The summed E-state index contributed by atoms with van der Waals surface area (Å²) in [4.78, 5) is 20.2. The zero-order chi connectivity index (χ0) is 10.1. The molecule has 0 fully saturated rings. The van der Waals surface area contributed by atoms with Crippen LogP contribution >= 0.6 is 0 Å². The van der Waals surface area contributed by atoms with E-state index in [1.54, 1.807) is 13.2 Å². The molecule has 1 aliphatic rings. The fourth-order valence-electron chi connectivity index (χ4n) is 1.41. The molecular weight excluding hydrogens is 184 g/mol. The minimum absolute atomic E-state index is 0.349. The van der Waals surface area contributed by atoms with Gasteiger partial charge in [-0.1, -0.05) is 0 Å². The zero-order valence-electron chi connectivity index (χ0n) is 7.69. The van der Waals surface area contributed by atoms with Crippen molar-refractivity contribution >= 4 is 12.0 Å². The maximum atomic E-state index is 10.7. The van der Waals surface area contributed by atoms with Crippen molar-refractivity contribution in [2.24, 2.45) is 0 Å². The number of rotatable bonds is 1. The van der Waals surface area contributed by atoms with Gasteiger partial charge in [-0.05, 0) is 0 Å². The van der Waals surface area contributed by atoms with Gasteiger partial charge in [-0.3, -0.25) is 4.90 Å². The molecule has 1 amide bonds. The first-order valence-corrected chi connectivity index (χ1v) is 4.21. The number of anilines is 1. The number of aromatic nitrogens is 2. The molecule has 0 aliphatic carbocycles. The minimum atomic E-state index is -0.922. The summed E-state index contributed by atoms with van der Waals surface area (Å²) in [5.74, 6) is 0.524. The topological polar surface area (TPSA) is 78.4 Å². The average Bonchev–Trinajstić information content (AvgIpc) is 2.59. The van der Waals surface area contributed by atoms with Crippen molar-refractivity contribution in [2.75, 3.05) is 12.4 Å². The summed E-state index contributed by atoms with van der Waals surface area (Å²) in [6.07, 6.45) is 0.742. The van der Waals surface area contributed by atoms with Gasteiger partial charge in [-0.2, -0.15) is 0 Å². The van der Waals surface area contributed by atoms with E-state index in [9.17, 15) is 4.79 Å². The van der Waals surface area contributed by atoms with Crippen LogP contribution in [0.5, 0.6) is 0 Å². The summed E-state index contributed by atoms with van der Waals surface area (Å²) >= 11 is 0. The largest absolute Gasteiger partial charge is 0.465 e. The molecule has 0 aromatic carbocycles. The van der Waals surface area contributed by atoms with Gasteiger partial charge in [0.1, 0.15) is 0 Å². The van der Waals surface area contributed by atoms with Crippen LogP contribution in [0.15, 0.2) is 6.20 Å². The van der Waals surface area contributed by atoms with Crippen LogP contribution in [0, 0.1) is 0 Å². The molecular formula is C8H10N4O2. The normalized spacial score (nSPS) is 13.9. The SMILES string of the molecule is CNc1ncc2c(n1)CN(C(=O)O)C2. The second kappa shape index (κ2) is 3.13. The Labute approximate surface area is 80.6 Å². The highest BCUT2D eigenvalue weighted by molar-refractivity contribution is 5.66. The van der Waals surface area contributed by atoms with Crippen LogP contribution < -0.4 is 5.32 Å². The molecule has 2 heterocycles. The van der Waals surface area contributed by atoms with Crippen LogP contribution in [0.25, 0.3) is 0 Å². The highest BCUT2D eigenvalue weighted by Gasteiger charge is 2.24. The minimum Gasteiger partial charge on any atom is -0.465 e. The van der Waals surface area contributed by atoms with Crippen molar-refractivity contribution in [3.05, 3.63) is 17.5 Å². The lowest BCUT2D eigenvalue weighted by Gasteiger charge is -2.07. The lowest BCUT2D eigenvalue weighted by molar-refractivity contribution is 0.145. The third-order valence-electron chi connectivity index (χ3n) is 2.15. The number of carboxylic acid groups (broad SMARTS) is 1. The van der Waals surface area contributed by atoms with Gasteiger partial charge in [-0.15, -0.1) is 0 Å². The van der Waals surface area contributed by atoms with Crippen molar-refractivity contribution in [1.29, 1.82) is 0 Å². The van der Waals surface area contributed by atoms with E-state index in [0.29, 0.717) is 19.0 Å². The highest BCUT2D eigenvalue weighted by atomic mass is 16.4. The molecule has 2 rings (SSSR count). The summed E-state index contributed by atoms with van der Waals surface area (Å²) < 4.78 is 0. The van der Waals surface area contributed by atoms with E-state index in [1.165, 1.54) is 4.90 Å². The molecule has 0 saturated carbocycles. The number of fused-ring (bicyclic) bond motifs is 1. The molecule has 74 valence electrons. The number of nitrogens with one attached hydrogen (secondary N) is 1. The van der Waals surface area contributed by atoms with Gasteiger partial charge in [0.2, 0.25) is 5.95 Å². The van der Waals surface area contributed by atoms with E-state index < -0.39 is 6.09 Å². The quantitative estimate of drug-likeness (QED) is 0.681. The average molecular weight is 194 g/mol. The highest BCUT2D eigenvalue weighted by Crippen LogP contribution is 2.20. The third kappa shape index (κ3) is 1.34. The maximum absolute atomic E-state index is 10.7. The number of hydrogen-bond donors (Lipinski definition) is 2. The number of hydrogen-bond acceptors (Lipinski definition) is 4. The summed E-state index contributed by atoms with van der Waals surface area (Å²) in [7, 11) is 1.73. The second-order valence-electron chi connectivity index (χ2n) is 3.05. The third-order valence-corrected chi connectivity index (χ3v) is 2.15. The maximum Gasteiger partial charge on any atom is 0.407 e. The molecule has 6 nitrogen and oxygen atoms in total. The second-order valence-corrected chi connectivity index (χ2v) is 3.05. The number of carbonyl (C=O) groups is 1. The van der Waals surface area contributed by atoms with E-state index in [-0.39, 0.29) is 0 Å². The van der Waals surface area contributed by atoms with Gasteiger partial charge >= 0.3 is 6.09 Å². The van der Waals surface area contributed by atoms with Gasteiger partial charge in [0.25, 0.3) is 0 Å². The Morgan fingerprint density at radius 3 is 3.07 bits per heavy atom. The fourth-order valence-corrected chi connectivity index (χ4v) is 1.41. The molecule has 0 spiro atoms. The van der Waals surface area contributed by atoms with Gasteiger partial charge < -0.3 is 10.4 Å². The van der Waals surface area contributed by atoms with E-state index in [2.05, 4.69) is 15.3 Å². The van der Waals surface area contributed by atoms with E-state index in [0.717, 1.165) is 11.3 Å². The Morgan fingerprint density at radius 1 is 1.64 bits per heavy atom. The van der Waals surface area contributed by atoms with Gasteiger partial charge in [0, 0.05) is 18.8 Å². The molecule has 14 heavy (non-hydrogen) atoms. The smallest absolute Gasteiger partial charge is 0.407 e. The Morgan fingerprint density at radius 2 is 2.43 bits per heavy atom. The Bertz CT molecular complexity index is 380. The molecule has 1 aliphatic heterocycles. The number of nitrogens with zero attached hydrogens (tertiary/aromatic N) is 3. The molecule has 1 aromatic rings. The Balaban J connectivity index is 2.27. The van der Waals surface area contributed by atoms with Crippen LogP contribution in [-0.4, -0.2) is 33.1 Å². The lowest BCUT2D eigenvalue weighted by Crippen LogP contribution is -2.22. The van der Waals surface area contributed by atoms with Crippen molar-refractivity contribution in [1.82, 2.24) is 14.9 Å². The summed E-state index contributed by atoms with van der Waals surface area (Å²) in [5.41, 5.74) is 1.66. The van der Waals surface area contributed by atoms with Crippen LogP contribution in [0.4, 0.5) is 10.7 Å². The molecule has 0 saturated heterocycles. The molecule has 1 aromatic heterocycles. The van der Waals surface area contributed by atoms with E-state index in [1.807, 2.05) is 0 Å². The fraction of sp³-hybridized carbons (Fsp3) is 0.375. The first-order valence-electron chi connectivity index (χ1n) is 4.21. The Hall–Kier alpha value is -1.85. The first kappa shape index (κ1) is 8.74. The van der Waals surface area contributed by atoms with Crippen molar-refractivity contribution in [3.8, 4) is 0 Å². The molecule has 0 atom stereocenters. The monoisotopic (exact) mass is 194 g/mol. The molecule has 2 N–H and O–H groups in total. The number of amides is 1. The summed E-state index contributed by atoms with van der Waals surface area (Å²) in [6, 6.07) is 0. The lowest BCUT2D eigenvalue weighted by atomic mass is 10.3. The van der Waals surface area contributed by atoms with Crippen molar-refractivity contribution in [2.45, 2.75) is 13.1 Å². The first-order chi connectivity index (χ1) is 6.70. The predicted molar refractivity (Wildman–Crippen MR) is 48.9 cm³/mol. The molecule has 0 radical (unpaired) electrons. The molecule has 0 unspecified atom stereocenters. The van der Waals surface area contributed by atoms with Crippen LogP contribution in [0.3, 0.4) is 0 Å². The van der Waals surface area contributed by atoms with Crippen LogP contribution in [0.1, 0.15) is 11.3 Å². The zero-order valence-corrected chi connectivity index (χ0v) is 7.69. The van der Waals surface area contributed by atoms with Crippen molar-refractivity contribution in [3.63, 3.8) is 0 Å².